The molecule has 1 N–H and O–H groups in total. The van der Waals surface area contributed by atoms with Crippen LogP contribution in [0.2, 0.25) is 0 Å². The van der Waals surface area contributed by atoms with Crippen molar-refractivity contribution in [3.8, 4) is 11.5 Å². The van der Waals surface area contributed by atoms with Crippen LogP contribution < -0.4 is 14.8 Å². The number of carbonyl (C=O) groups excluding carboxylic acids is 1. The van der Waals surface area contributed by atoms with Crippen molar-refractivity contribution in [3.63, 3.8) is 0 Å². The van der Waals surface area contributed by atoms with Gasteiger partial charge in [0.1, 0.15) is 11.5 Å². The normalized spacial score (nSPS) is 15.2. The van der Waals surface area contributed by atoms with E-state index in [9.17, 15) is 4.79 Å². The lowest BCUT2D eigenvalue weighted by Crippen LogP contribution is -2.40. The highest BCUT2D eigenvalue weighted by Gasteiger charge is 2.23. The van der Waals surface area contributed by atoms with Gasteiger partial charge in [-0.25, -0.2) is 0 Å². The third-order valence-electron chi connectivity index (χ3n) is 5.48. The standard InChI is InChI=1S/C24H31NO3/c1-4-22(19-14-13-17-9-6-7-10-18(17)15-19)25-24(26)23(5-2)28-21-12-8-11-20(16-21)27-3/h8,11-16,22-23H,4-7,9-10H2,1-3H3,(H,25,26). The molecule has 0 saturated carbocycles. The van der Waals surface area contributed by atoms with E-state index in [0.29, 0.717) is 17.9 Å². The summed E-state index contributed by atoms with van der Waals surface area (Å²) >= 11 is 0. The highest BCUT2D eigenvalue weighted by Crippen LogP contribution is 2.26. The Morgan fingerprint density at radius 3 is 2.46 bits per heavy atom. The number of rotatable bonds is 8. The van der Waals surface area contributed by atoms with E-state index in [0.717, 1.165) is 12.8 Å². The first-order chi connectivity index (χ1) is 13.6. The van der Waals surface area contributed by atoms with E-state index in [1.807, 2.05) is 25.1 Å². The van der Waals surface area contributed by atoms with Gasteiger partial charge in [0.2, 0.25) is 0 Å². The Hall–Kier alpha value is -2.49. The molecule has 0 spiro atoms. The summed E-state index contributed by atoms with van der Waals surface area (Å²) in [6, 6.07) is 14.1. The topological polar surface area (TPSA) is 47.6 Å². The van der Waals surface area contributed by atoms with Crippen LogP contribution in [0.3, 0.4) is 0 Å². The van der Waals surface area contributed by atoms with Crippen molar-refractivity contribution in [2.75, 3.05) is 7.11 Å². The third kappa shape index (κ3) is 4.86. The van der Waals surface area contributed by atoms with E-state index < -0.39 is 6.10 Å². The lowest BCUT2D eigenvalue weighted by atomic mass is 9.88. The highest BCUT2D eigenvalue weighted by atomic mass is 16.5. The number of hydrogen-bond acceptors (Lipinski definition) is 3. The second-order valence-electron chi connectivity index (χ2n) is 7.40. The molecule has 4 nitrogen and oxygen atoms in total. The maximum absolute atomic E-state index is 12.9. The zero-order valence-electron chi connectivity index (χ0n) is 17.2. The predicted octanol–water partition coefficient (Wildman–Crippen LogP) is 5.00. The fourth-order valence-corrected chi connectivity index (χ4v) is 3.82. The number of benzene rings is 2. The van der Waals surface area contributed by atoms with Gasteiger partial charge in [-0.3, -0.25) is 4.79 Å². The van der Waals surface area contributed by atoms with Gasteiger partial charge < -0.3 is 14.8 Å². The molecule has 2 unspecified atom stereocenters. The Morgan fingerprint density at radius 1 is 1.00 bits per heavy atom. The van der Waals surface area contributed by atoms with Crippen molar-refractivity contribution in [3.05, 3.63) is 59.2 Å². The summed E-state index contributed by atoms with van der Waals surface area (Å²) in [5.74, 6) is 1.28. The summed E-state index contributed by atoms with van der Waals surface area (Å²) in [5, 5.41) is 3.19. The zero-order valence-corrected chi connectivity index (χ0v) is 17.2. The molecular weight excluding hydrogens is 350 g/mol. The van der Waals surface area contributed by atoms with Crippen LogP contribution in [0.1, 0.15) is 62.3 Å². The smallest absolute Gasteiger partial charge is 0.261 e. The van der Waals surface area contributed by atoms with E-state index in [4.69, 9.17) is 9.47 Å². The van der Waals surface area contributed by atoms with Crippen molar-refractivity contribution >= 4 is 5.91 Å². The van der Waals surface area contributed by atoms with Gasteiger partial charge in [0.15, 0.2) is 6.10 Å². The largest absolute Gasteiger partial charge is 0.497 e. The zero-order chi connectivity index (χ0) is 19.9. The molecule has 3 rings (SSSR count). The van der Waals surface area contributed by atoms with Gasteiger partial charge in [-0.2, -0.15) is 0 Å². The average molecular weight is 382 g/mol. The highest BCUT2D eigenvalue weighted by molar-refractivity contribution is 5.81. The minimum atomic E-state index is -0.529. The second kappa shape index (κ2) is 9.63. The molecule has 2 aromatic rings. The van der Waals surface area contributed by atoms with Crippen LogP contribution >= 0.6 is 0 Å². The minimum absolute atomic E-state index is 0.00249. The summed E-state index contributed by atoms with van der Waals surface area (Å²) in [6.45, 7) is 4.07. The molecule has 4 heteroatoms. The lowest BCUT2D eigenvalue weighted by molar-refractivity contribution is -0.129. The van der Waals surface area contributed by atoms with Crippen molar-refractivity contribution in [2.24, 2.45) is 0 Å². The van der Waals surface area contributed by atoms with E-state index >= 15 is 0 Å². The van der Waals surface area contributed by atoms with E-state index in [-0.39, 0.29) is 11.9 Å². The first-order valence-corrected chi connectivity index (χ1v) is 10.4. The van der Waals surface area contributed by atoms with Gasteiger partial charge in [0, 0.05) is 6.07 Å². The van der Waals surface area contributed by atoms with Crippen LogP contribution in [0.25, 0.3) is 0 Å². The van der Waals surface area contributed by atoms with Gasteiger partial charge in [0.05, 0.1) is 13.2 Å². The summed E-state index contributed by atoms with van der Waals surface area (Å²) in [7, 11) is 1.62. The SMILES string of the molecule is CCC(Oc1cccc(OC)c1)C(=O)NC(CC)c1ccc2c(c1)CCCC2. The number of ether oxygens (including phenoxy) is 2. The Balaban J connectivity index is 1.69. The number of carbonyl (C=O) groups is 1. The van der Waals surface area contributed by atoms with Crippen molar-refractivity contribution < 1.29 is 14.3 Å². The van der Waals surface area contributed by atoms with Crippen LogP contribution in [0, 0.1) is 0 Å². The van der Waals surface area contributed by atoms with Crippen LogP contribution in [-0.2, 0) is 17.6 Å². The molecule has 1 amide bonds. The summed E-state index contributed by atoms with van der Waals surface area (Å²) in [4.78, 5) is 12.9. The van der Waals surface area contributed by atoms with Crippen LogP contribution in [-0.4, -0.2) is 19.1 Å². The van der Waals surface area contributed by atoms with Gasteiger partial charge in [0.25, 0.3) is 5.91 Å². The van der Waals surface area contributed by atoms with Crippen molar-refractivity contribution in [1.82, 2.24) is 5.32 Å². The Kier molecular flexibility index (Phi) is 6.96. The second-order valence-corrected chi connectivity index (χ2v) is 7.40. The number of fused-ring (bicyclic) bond motifs is 1. The summed E-state index contributed by atoms with van der Waals surface area (Å²) < 4.78 is 11.2. The molecule has 0 aliphatic heterocycles. The first kappa shape index (κ1) is 20.2. The van der Waals surface area contributed by atoms with Crippen molar-refractivity contribution in [1.29, 1.82) is 0 Å². The molecular formula is C24H31NO3. The summed E-state index contributed by atoms with van der Waals surface area (Å²) in [6.07, 6.45) is 5.77. The molecule has 0 radical (unpaired) electrons. The van der Waals surface area contributed by atoms with E-state index in [1.54, 1.807) is 13.2 Å². The number of nitrogens with one attached hydrogen (secondary N) is 1. The van der Waals surface area contributed by atoms with Crippen LogP contribution in [0.5, 0.6) is 11.5 Å². The lowest BCUT2D eigenvalue weighted by Gasteiger charge is -2.24. The molecule has 0 heterocycles. The van der Waals surface area contributed by atoms with Gasteiger partial charge in [-0.05, 0) is 67.3 Å². The molecule has 2 atom stereocenters. The van der Waals surface area contributed by atoms with Gasteiger partial charge >= 0.3 is 0 Å². The van der Waals surface area contributed by atoms with Gasteiger partial charge in [-0.1, -0.05) is 38.1 Å². The number of aryl methyl sites for hydroxylation is 2. The van der Waals surface area contributed by atoms with Gasteiger partial charge in [-0.15, -0.1) is 0 Å². The molecule has 2 aromatic carbocycles. The Labute approximate surface area is 168 Å². The number of methoxy groups -OCH3 is 1. The molecule has 0 aromatic heterocycles. The summed E-state index contributed by atoms with van der Waals surface area (Å²) in [5.41, 5.74) is 4.09. The first-order valence-electron chi connectivity index (χ1n) is 10.4. The molecule has 28 heavy (non-hydrogen) atoms. The van der Waals surface area contributed by atoms with Crippen LogP contribution in [0.4, 0.5) is 0 Å². The predicted molar refractivity (Wildman–Crippen MR) is 112 cm³/mol. The average Bonchev–Trinajstić information content (AvgIpc) is 2.75. The Morgan fingerprint density at radius 2 is 1.75 bits per heavy atom. The molecule has 1 aliphatic rings. The maximum Gasteiger partial charge on any atom is 0.261 e. The fraction of sp³-hybridized carbons (Fsp3) is 0.458. The number of amides is 1. The van der Waals surface area contributed by atoms with Crippen LogP contribution in [0.15, 0.2) is 42.5 Å². The quantitative estimate of drug-likeness (QED) is 0.700. The number of hydrogen-bond donors (Lipinski definition) is 1. The monoisotopic (exact) mass is 381 g/mol. The van der Waals surface area contributed by atoms with E-state index in [2.05, 4.69) is 30.4 Å². The molecule has 0 bridgehead atoms. The fourth-order valence-electron chi connectivity index (χ4n) is 3.82. The molecule has 1 aliphatic carbocycles. The molecule has 0 saturated heterocycles. The molecule has 0 fully saturated rings. The third-order valence-corrected chi connectivity index (χ3v) is 5.48. The molecule has 150 valence electrons. The minimum Gasteiger partial charge on any atom is -0.497 e. The maximum atomic E-state index is 12.9. The Bertz CT molecular complexity index is 802. The van der Waals surface area contributed by atoms with E-state index in [1.165, 1.54) is 36.0 Å². The van der Waals surface area contributed by atoms with Crippen molar-refractivity contribution in [2.45, 2.75) is 64.5 Å².